The molecule has 1 aromatic carbocycles. The van der Waals surface area contributed by atoms with Crippen molar-refractivity contribution in [2.24, 2.45) is 0 Å². The number of hydrogen-bond donors (Lipinski definition) is 0. The van der Waals surface area contributed by atoms with Gasteiger partial charge in [0.1, 0.15) is 17.0 Å². The lowest BCUT2D eigenvalue weighted by atomic mass is 10.2. The molecule has 0 radical (unpaired) electrons. The van der Waals surface area contributed by atoms with E-state index in [1.807, 2.05) is 33.2 Å². The number of carbonyl (C=O) groups is 1. The van der Waals surface area contributed by atoms with Gasteiger partial charge in [-0.1, -0.05) is 17.4 Å². The van der Waals surface area contributed by atoms with Crippen molar-refractivity contribution < 1.29 is 19.0 Å². The van der Waals surface area contributed by atoms with Gasteiger partial charge in [-0.25, -0.2) is 4.98 Å². The highest BCUT2D eigenvalue weighted by Crippen LogP contribution is 2.37. The molecule has 3 rings (SSSR count). The maximum absolute atomic E-state index is 13.5. The number of fused-ring (bicyclic) bond motifs is 1. The van der Waals surface area contributed by atoms with Crippen LogP contribution in [0.3, 0.4) is 0 Å². The molecule has 2 heterocycles. The molecular weight excluding hydrogens is 418 g/mol. The monoisotopic (exact) mass is 445 g/mol. The highest BCUT2D eigenvalue weighted by Gasteiger charge is 2.25. The van der Waals surface area contributed by atoms with Gasteiger partial charge in [-0.3, -0.25) is 9.69 Å². The molecule has 1 amide bonds. The van der Waals surface area contributed by atoms with E-state index in [2.05, 4.69) is 14.9 Å². The maximum atomic E-state index is 13.5. The molecular formula is C21H27N5O4S. The van der Waals surface area contributed by atoms with Gasteiger partial charge in [0.25, 0.3) is 5.91 Å². The van der Waals surface area contributed by atoms with Gasteiger partial charge in [-0.2, -0.15) is 9.97 Å². The SMILES string of the molecule is COc1cc(C(=O)N(CCCN(C)C)c2nc3c(OC)ccc(C)c3s2)nc(OC)n1. The number of nitrogens with zero attached hydrogens (tertiary/aromatic N) is 5. The largest absolute Gasteiger partial charge is 0.494 e. The lowest BCUT2D eigenvalue weighted by molar-refractivity contribution is 0.0979. The van der Waals surface area contributed by atoms with Gasteiger partial charge in [0, 0.05) is 12.6 Å². The van der Waals surface area contributed by atoms with Crippen LogP contribution in [0, 0.1) is 6.92 Å². The zero-order valence-electron chi connectivity index (χ0n) is 18.6. The molecule has 0 atom stereocenters. The van der Waals surface area contributed by atoms with Crippen LogP contribution in [-0.4, -0.2) is 74.3 Å². The molecule has 0 N–H and O–H groups in total. The van der Waals surface area contributed by atoms with Crippen molar-refractivity contribution in [2.75, 3.05) is 53.4 Å². The van der Waals surface area contributed by atoms with Crippen LogP contribution in [0.1, 0.15) is 22.5 Å². The van der Waals surface area contributed by atoms with E-state index in [9.17, 15) is 4.79 Å². The second kappa shape index (κ2) is 9.88. The Kier molecular flexibility index (Phi) is 7.24. The minimum atomic E-state index is -0.298. The van der Waals surface area contributed by atoms with Crippen LogP contribution >= 0.6 is 11.3 Å². The number of anilines is 1. The van der Waals surface area contributed by atoms with Crippen molar-refractivity contribution in [3.05, 3.63) is 29.5 Å². The van der Waals surface area contributed by atoms with E-state index in [0.717, 1.165) is 28.7 Å². The standard InChI is InChI=1S/C21H27N5O4S/c1-13-8-9-15(28-4)17-18(13)31-21(24-17)26(11-7-10-25(2)3)19(27)14-12-16(29-5)23-20(22-14)30-6/h8-9,12H,7,10-11H2,1-6H3. The van der Waals surface area contributed by atoms with E-state index >= 15 is 0 Å². The topological polar surface area (TPSA) is 89.9 Å². The number of hydrogen-bond acceptors (Lipinski definition) is 9. The fourth-order valence-electron chi connectivity index (χ4n) is 3.06. The molecule has 0 unspecified atom stereocenters. The van der Waals surface area contributed by atoms with E-state index in [-0.39, 0.29) is 23.5 Å². The first-order valence-electron chi connectivity index (χ1n) is 9.75. The number of rotatable bonds is 9. The van der Waals surface area contributed by atoms with Crippen LogP contribution in [0.4, 0.5) is 5.13 Å². The van der Waals surface area contributed by atoms with Gasteiger partial charge in [-0.05, 0) is 45.6 Å². The number of methoxy groups -OCH3 is 3. The van der Waals surface area contributed by atoms with Crippen molar-refractivity contribution in [3.8, 4) is 17.6 Å². The smallest absolute Gasteiger partial charge is 0.320 e. The third-order valence-corrected chi connectivity index (χ3v) is 5.88. The molecule has 0 bridgehead atoms. The summed E-state index contributed by atoms with van der Waals surface area (Å²) < 4.78 is 16.8. The third-order valence-electron chi connectivity index (χ3n) is 4.67. The number of aromatic nitrogens is 3. The summed E-state index contributed by atoms with van der Waals surface area (Å²) in [6.07, 6.45) is 0.768. The average molecular weight is 446 g/mol. The second-order valence-electron chi connectivity index (χ2n) is 7.15. The van der Waals surface area contributed by atoms with Crippen LogP contribution in [0.25, 0.3) is 10.2 Å². The van der Waals surface area contributed by atoms with Crippen molar-refractivity contribution in [2.45, 2.75) is 13.3 Å². The summed E-state index contributed by atoms with van der Waals surface area (Å²) >= 11 is 1.46. The van der Waals surface area contributed by atoms with Crippen LogP contribution in [-0.2, 0) is 0 Å². The Balaban J connectivity index is 2.05. The first-order valence-corrected chi connectivity index (χ1v) is 10.6. The maximum Gasteiger partial charge on any atom is 0.320 e. The molecule has 166 valence electrons. The van der Waals surface area contributed by atoms with Crippen LogP contribution in [0.15, 0.2) is 18.2 Å². The summed E-state index contributed by atoms with van der Waals surface area (Å²) in [5, 5.41) is 0.586. The predicted octanol–water partition coefficient (Wildman–Crippen LogP) is 3.02. The van der Waals surface area contributed by atoms with E-state index in [0.29, 0.717) is 17.4 Å². The molecule has 31 heavy (non-hydrogen) atoms. The first-order chi connectivity index (χ1) is 14.9. The van der Waals surface area contributed by atoms with E-state index in [4.69, 9.17) is 19.2 Å². The lowest BCUT2D eigenvalue weighted by Gasteiger charge is -2.21. The molecule has 2 aromatic heterocycles. The predicted molar refractivity (Wildman–Crippen MR) is 121 cm³/mol. The Bertz CT molecular complexity index is 1050. The van der Waals surface area contributed by atoms with Gasteiger partial charge in [0.15, 0.2) is 5.13 Å². The molecule has 0 aliphatic heterocycles. The Morgan fingerprint density at radius 1 is 1.03 bits per heavy atom. The number of thiazole rings is 1. The minimum Gasteiger partial charge on any atom is -0.494 e. The highest BCUT2D eigenvalue weighted by atomic mass is 32.1. The average Bonchev–Trinajstić information content (AvgIpc) is 3.22. The van der Waals surface area contributed by atoms with Crippen LogP contribution < -0.4 is 19.1 Å². The number of benzene rings is 1. The Hall–Kier alpha value is -2.98. The van der Waals surface area contributed by atoms with Gasteiger partial charge in [-0.15, -0.1) is 0 Å². The molecule has 0 fully saturated rings. The minimum absolute atomic E-state index is 0.0674. The fraction of sp³-hybridized carbons (Fsp3) is 0.429. The van der Waals surface area contributed by atoms with Gasteiger partial charge >= 0.3 is 6.01 Å². The molecule has 3 aromatic rings. The van der Waals surface area contributed by atoms with E-state index in [1.165, 1.54) is 31.6 Å². The molecule has 0 saturated heterocycles. The third kappa shape index (κ3) is 5.02. The van der Waals surface area contributed by atoms with Gasteiger partial charge in [0.2, 0.25) is 5.88 Å². The molecule has 0 spiro atoms. The quantitative estimate of drug-likeness (QED) is 0.497. The normalized spacial score (nSPS) is 11.1. The Morgan fingerprint density at radius 3 is 2.45 bits per heavy atom. The summed E-state index contributed by atoms with van der Waals surface area (Å²) in [5.41, 5.74) is 1.99. The highest BCUT2D eigenvalue weighted by molar-refractivity contribution is 7.22. The van der Waals surface area contributed by atoms with Crippen molar-refractivity contribution in [3.63, 3.8) is 0 Å². The van der Waals surface area contributed by atoms with Crippen molar-refractivity contribution in [1.82, 2.24) is 19.9 Å². The molecule has 0 saturated carbocycles. The zero-order valence-corrected chi connectivity index (χ0v) is 19.4. The van der Waals surface area contributed by atoms with Crippen LogP contribution in [0.2, 0.25) is 0 Å². The van der Waals surface area contributed by atoms with Crippen molar-refractivity contribution >= 4 is 32.6 Å². The zero-order chi connectivity index (χ0) is 22.5. The summed E-state index contributed by atoms with van der Waals surface area (Å²) in [6, 6.07) is 5.45. The molecule has 0 aliphatic rings. The van der Waals surface area contributed by atoms with E-state index < -0.39 is 0 Å². The molecule has 0 aliphatic carbocycles. The lowest BCUT2D eigenvalue weighted by Crippen LogP contribution is -2.34. The number of aryl methyl sites for hydroxylation is 1. The summed E-state index contributed by atoms with van der Waals surface area (Å²) in [4.78, 5) is 30.3. The summed E-state index contributed by atoms with van der Waals surface area (Å²) in [7, 11) is 8.53. The first kappa shape index (κ1) is 22.7. The number of carbonyl (C=O) groups excluding carboxylic acids is 1. The Labute approximate surface area is 185 Å². The van der Waals surface area contributed by atoms with Gasteiger partial charge < -0.3 is 19.1 Å². The fourth-order valence-corrected chi connectivity index (χ4v) is 4.13. The second-order valence-corrected chi connectivity index (χ2v) is 8.13. The molecule has 10 heteroatoms. The van der Waals surface area contributed by atoms with Gasteiger partial charge in [0.05, 0.1) is 26.0 Å². The number of amides is 1. The molecule has 9 nitrogen and oxygen atoms in total. The summed E-state index contributed by atoms with van der Waals surface area (Å²) in [6.45, 7) is 3.32. The van der Waals surface area contributed by atoms with Crippen molar-refractivity contribution in [1.29, 1.82) is 0 Å². The number of ether oxygens (including phenoxy) is 3. The summed E-state index contributed by atoms with van der Waals surface area (Å²) in [5.74, 6) is 0.632. The van der Waals surface area contributed by atoms with E-state index in [1.54, 1.807) is 12.0 Å². The Morgan fingerprint density at radius 2 is 1.81 bits per heavy atom. The van der Waals surface area contributed by atoms with Crippen LogP contribution in [0.5, 0.6) is 17.6 Å².